The summed E-state index contributed by atoms with van der Waals surface area (Å²) in [5.41, 5.74) is 6.07. The Morgan fingerprint density at radius 2 is 0.571 bits per heavy atom. The SMILES string of the molecule is Cc1cc(CNCC(O)C(O)C(O)C(O)CO)c(O)c(CN2CCCN(Cc3cc(C)cc(CNCC(O)C(O)C(O)C(O)CO)c3O)CCN(Cc3cc(C)cc(CNCC(O)C(O)C(O)C(O)CO)c3O)CCC2)c1. The summed E-state index contributed by atoms with van der Waals surface area (Å²) in [5.74, 6) is 0.0920. The van der Waals surface area contributed by atoms with Gasteiger partial charge in [0.05, 0.1) is 38.1 Å². The Labute approximate surface area is 450 Å². The van der Waals surface area contributed by atoms with Crippen LogP contribution in [0.4, 0.5) is 0 Å². The number of nitrogens with one attached hydrogen (secondary N) is 3. The van der Waals surface area contributed by atoms with Crippen LogP contribution in [0.5, 0.6) is 17.2 Å². The highest BCUT2D eigenvalue weighted by Gasteiger charge is 2.32. The maximum Gasteiger partial charge on any atom is 0.124 e. The minimum Gasteiger partial charge on any atom is -0.507 e. The van der Waals surface area contributed by atoms with Crippen LogP contribution in [0.1, 0.15) is 62.9 Å². The summed E-state index contributed by atoms with van der Waals surface area (Å²) in [6.45, 7) is 7.45. The van der Waals surface area contributed by atoms with Crippen molar-refractivity contribution in [3.63, 3.8) is 0 Å². The van der Waals surface area contributed by atoms with Gasteiger partial charge in [-0.2, -0.15) is 0 Å². The molecule has 1 fully saturated rings. The minimum atomic E-state index is -1.79. The van der Waals surface area contributed by atoms with Crippen LogP contribution in [0.3, 0.4) is 0 Å². The first-order valence-electron chi connectivity index (χ1n) is 26.2. The second-order valence-electron chi connectivity index (χ2n) is 20.6. The molecule has 1 aliphatic rings. The molecular formula is C53H88N6O18. The Hall–Kier alpha value is -3.78. The summed E-state index contributed by atoms with van der Waals surface area (Å²) < 4.78 is 0. The fourth-order valence-corrected chi connectivity index (χ4v) is 9.54. The normalized spacial score (nSPS) is 19.6. The number of hydrogen-bond donors (Lipinski definition) is 21. The highest BCUT2D eigenvalue weighted by atomic mass is 16.4. The molecule has 438 valence electrons. The summed E-state index contributed by atoms with van der Waals surface area (Å²) in [6, 6.07) is 11.1. The van der Waals surface area contributed by atoms with Crippen molar-refractivity contribution in [2.45, 2.75) is 146 Å². The third kappa shape index (κ3) is 20.1. The summed E-state index contributed by atoms with van der Waals surface area (Å²) in [7, 11) is 0. The highest BCUT2D eigenvalue weighted by Crippen LogP contribution is 2.30. The molecule has 77 heavy (non-hydrogen) atoms. The maximum absolute atomic E-state index is 11.7. The molecule has 21 N–H and O–H groups in total. The van der Waals surface area contributed by atoms with E-state index in [2.05, 4.69) is 30.7 Å². The van der Waals surface area contributed by atoms with Crippen LogP contribution < -0.4 is 16.0 Å². The van der Waals surface area contributed by atoms with E-state index >= 15 is 0 Å². The van der Waals surface area contributed by atoms with Gasteiger partial charge in [0.15, 0.2) is 0 Å². The van der Waals surface area contributed by atoms with Gasteiger partial charge in [0.1, 0.15) is 72.2 Å². The first kappa shape index (κ1) is 65.7. The van der Waals surface area contributed by atoms with E-state index in [9.17, 15) is 76.6 Å². The smallest absolute Gasteiger partial charge is 0.124 e. The molecule has 0 bridgehead atoms. The summed E-state index contributed by atoms with van der Waals surface area (Å²) in [5, 5.41) is 193. The van der Waals surface area contributed by atoms with Crippen LogP contribution >= 0.6 is 0 Å². The highest BCUT2D eigenvalue weighted by molar-refractivity contribution is 5.45. The third-order valence-electron chi connectivity index (χ3n) is 14.0. The number of phenols is 3. The molecule has 24 nitrogen and oxygen atoms in total. The predicted molar refractivity (Wildman–Crippen MR) is 282 cm³/mol. The lowest BCUT2D eigenvalue weighted by atomic mass is 10.0. The number of hydrogen-bond acceptors (Lipinski definition) is 24. The number of phenolic OH excluding ortho intramolecular Hbond substituents is 3. The standard InChI is InChI=1S/C53H88N6O18/c1-30-12-33(18-54-21-39(63)48(72)51(75)42(66)27-60)45(69)36(15-30)24-57-6-4-8-58(25-37-16-31(2)13-34(46(37)70)19-55-22-40(64)49(73)52(76)43(67)28-61)10-11-59(9-5-7-57)26-38-17-32(3)14-35(47(38)71)20-56-23-41(65)50(74)53(77)44(68)29-62/h12-17,39-44,48-56,60-77H,4-11,18-29H2,1-3H3. The van der Waals surface area contributed by atoms with Crippen molar-refractivity contribution in [1.29, 1.82) is 0 Å². The monoisotopic (exact) mass is 1100 g/mol. The van der Waals surface area contributed by atoms with Gasteiger partial charge in [0.25, 0.3) is 0 Å². The van der Waals surface area contributed by atoms with E-state index in [1.165, 1.54) is 0 Å². The van der Waals surface area contributed by atoms with Crippen molar-refractivity contribution >= 4 is 0 Å². The summed E-state index contributed by atoms with van der Waals surface area (Å²) in [6.07, 6.45) is -18.7. The Morgan fingerprint density at radius 3 is 0.818 bits per heavy atom. The predicted octanol–water partition coefficient (Wildman–Crippen LogP) is -5.09. The number of aryl methyl sites for hydroxylation is 3. The van der Waals surface area contributed by atoms with Gasteiger partial charge >= 0.3 is 0 Å². The number of nitrogens with zero attached hydrogens (tertiary/aromatic N) is 3. The molecule has 1 aliphatic heterocycles. The van der Waals surface area contributed by atoms with E-state index < -0.39 is 93.1 Å². The second-order valence-corrected chi connectivity index (χ2v) is 20.6. The molecule has 3 aromatic carbocycles. The fraction of sp³-hybridized carbons (Fsp3) is 0.660. The van der Waals surface area contributed by atoms with Crippen LogP contribution in [-0.2, 0) is 39.3 Å². The van der Waals surface area contributed by atoms with Crippen LogP contribution in [-0.4, -0.2) is 259 Å². The zero-order valence-corrected chi connectivity index (χ0v) is 44.4. The molecule has 12 atom stereocenters. The van der Waals surface area contributed by atoms with Gasteiger partial charge < -0.3 is 108 Å². The lowest BCUT2D eigenvalue weighted by Crippen LogP contribution is -2.48. The Kier molecular flexibility index (Phi) is 27.7. The molecule has 1 saturated heterocycles. The summed E-state index contributed by atoms with van der Waals surface area (Å²) in [4.78, 5) is 6.69. The maximum atomic E-state index is 11.7. The fourth-order valence-electron chi connectivity index (χ4n) is 9.54. The molecule has 12 unspecified atom stereocenters. The van der Waals surface area contributed by atoms with E-state index in [1.807, 2.05) is 39.0 Å². The molecule has 0 spiro atoms. The van der Waals surface area contributed by atoms with Crippen molar-refractivity contribution in [2.75, 3.05) is 78.7 Å². The number of aromatic hydroxyl groups is 3. The lowest BCUT2D eigenvalue weighted by Gasteiger charge is -2.28. The van der Waals surface area contributed by atoms with Crippen molar-refractivity contribution in [3.8, 4) is 17.2 Å². The average Bonchev–Trinajstić information content (AvgIpc) is 3.44. The Balaban J connectivity index is 1.56. The first-order chi connectivity index (χ1) is 36.5. The van der Waals surface area contributed by atoms with Crippen molar-refractivity contribution in [2.24, 2.45) is 0 Å². The topological polar surface area (TPSA) is 410 Å². The van der Waals surface area contributed by atoms with E-state index in [4.69, 9.17) is 15.3 Å². The molecule has 3 aromatic rings. The van der Waals surface area contributed by atoms with Crippen LogP contribution in [0.15, 0.2) is 36.4 Å². The molecule has 1 heterocycles. The number of aliphatic hydroxyl groups excluding tert-OH is 15. The molecule has 0 aromatic heterocycles. The molecule has 4 rings (SSSR count). The largest absolute Gasteiger partial charge is 0.507 e. The van der Waals surface area contributed by atoms with Gasteiger partial charge in [0, 0.05) is 105 Å². The van der Waals surface area contributed by atoms with E-state index in [-0.39, 0.29) is 56.5 Å². The third-order valence-corrected chi connectivity index (χ3v) is 14.0. The Bertz CT molecular complexity index is 2110. The van der Waals surface area contributed by atoms with Crippen molar-refractivity contribution < 1.29 is 91.9 Å². The van der Waals surface area contributed by atoms with Crippen LogP contribution in [0.25, 0.3) is 0 Å². The first-order valence-corrected chi connectivity index (χ1v) is 26.2. The van der Waals surface area contributed by atoms with E-state index in [0.717, 1.165) is 16.7 Å². The second kappa shape index (κ2) is 32.5. The van der Waals surface area contributed by atoms with Crippen LogP contribution in [0, 0.1) is 20.8 Å². The lowest BCUT2D eigenvalue weighted by molar-refractivity contribution is -0.114. The number of aliphatic hydroxyl groups is 15. The Morgan fingerprint density at radius 1 is 0.351 bits per heavy atom. The van der Waals surface area contributed by atoms with E-state index in [1.54, 1.807) is 18.2 Å². The molecule has 0 amide bonds. The molecule has 0 radical (unpaired) electrons. The number of benzene rings is 3. The van der Waals surface area contributed by atoms with Gasteiger partial charge in [0.2, 0.25) is 0 Å². The zero-order valence-electron chi connectivity index (χ0n) is 44.4. The van der Waals surface area contributed by atoms with Crippen molar-refractivity contribution in [1.82, 2.24) is 30.7 Å². The molecule has 24 heteroatoms. The average molecular weight is 1100 g/mol. The van der Waals surface area contributed by atoms with Crippen LogP contribution in [0.2, 0.25) is 0 Å². The van der Waals surface area contributed by atoms with Crippen molar-refractivity contribution in [3.05, 3.63) is 86.5 Å². The number of rotatable bonds is 30. The van der Waals surface area contributed by atoms with Gasteiger partial charge in [-0.05, 0) is 59.8 Å². The van der Waals surface area contributed by atoms with Gasteiger partial charge in [-0.1, -0.05) is 53.1 Å². The minimum absolute atomic E-state index is 0.0254. The molecule has 0 aliphatic carbocycles. The van der Waals surface area contributed by atoms with E-state index in [0.29, 0.717) is 105 Å². The summed E-state index contributed by atoms with van der Waals surface area (Å²) >= 11 is 0. The van der Waals surface area contributed by atoms with Gasteiger partial charge in [-0.15, -0.1) is 0 Å². The van der Waals surface area contributed by atoms with Gasteiger partial charge in [-0.3, -0.25) is 14.7 Å². The molecular weight excluding hydrogens is 1010 g/mol. The molecule has 0 saturated carbocycles. The zero-order chi connectivity index (χ0) is 57.1. The van der Waals surface area contributed by atoms with Gasteiger partial charge in [-0.25, -0.2) is 0 Å². The quantitative estimate of drug-likeness (QED) is 0.0297.